The number of alkyl halides is 1. The highest BCUT2D eigenvalue weighted by Gasteiger charge is 1.90. The van der Waals surface area contributed by atoms with Gasteiger partial charge in [0.05, 0.1) is 5.88 Å². The van der Waals surface area contributed by atoms with E-state index in [9.17, 15) is 0 Å². The highest BCUT2D eigenvalue weighted by atomic mass is 35.5. The molecule has 0 amide bonds. The third kappa shape index (κ3) is 2.42. The minimum atomic E-state index is 0.308. The second-order valence-corrected chi connectivity index (χ2v) is 2.26. The van der Waals surface area contributed by atoms with Crippen LogP contribution in [0.4, 0.5) is 5.82 Å². The van der Waals surface area contributed by atoms with E-state index in [1.54, 1.807) is 12.1 Å². The molecule has 0 aromatic carbocycles. The van der Waals surface area contributed by atoms with E-state index in [4.69, 9.17) is 17.4 Å². The number of hydrogen-bond acceptors (Lipinski definition) is 3. The van der Waals surface area contributed by atoms with Crippen molar-refractivity contribution in [1.29, 1.82) is 0 Å². The Morgan fingerprint density at radius 2 is 2.42 bits per heavy atom. The first-order chi connectivity index (χ1) is 5.86. The monoisotopic (exact) mass is 181 g/mol. The number of halogens is 1. The van der Waals surface area contributed by atoms with Crippen LogP contribution in [-0.2, 0) is 0 Å². The summed E-state index contributed by atoms with van der Waals surface area (Å²) in [6.07, 6.45) is 0. The summed E-state index contributed by atoms with van der Waals surface area (Å²) in [5, 5.41) is 0. The Bertz CT molecular complexity index is 314. The first kappa shape index (κ1) is 8.85. The van der Waals surface area contributed by atoms with E-state index < -0.39 is 0 Å². The van der Waals surface area contributed by atoms with Gasteiger partial charge in [0.25, 0.3) is 0 Å². The maximum atomic E-state index is 5.38. The van der Waals surface area contributed by atoms with Gasteiger partial charge >= 0.3 is 0 Å². The predicted octanol–water partition coefficient (Wildman–Crippen LogP) is 0.958. The zero-order valence-corrected chi connectivity index (χ0v) is 7.10. The third-order valence-electron chi connectivity index (χ3n) is 1.18. The molecule has 0 aliphatic carbocycles. The smallest absolute Gasteiger partial charge is 0.141 e. The normalized spacial score (nSPS) is 8.50. The molecule has 0 fully saturated rings. The summed E-state index contributed by atoms with van der Waals surface area (Å²) in [5.41, 5.74) is 3.09. The Kier molecular flexibility index (Phi) is 3.39. The molecule has 0 aliphatic rings. The Morgan fingerprint density at radius 3 is 3.08 bits per heavy atom. The van der Waals surface area contributed by atoms with Crippen LogP contribution in [0.15, 0.2) is 18.2 Å². The summed E-state index contributed by atoms with van der Waals surface area (Å²) in [6, 6.07) is 5.37. The molecule has 4 heteroatoms. The van der Waals surface area contributed by atoms with Gasteiger partial charge in [-0.2, -0.15) is 0 Å². The second kappa shape index (κ2) is 4.60. The number of aromatic nitrogens is 1. The van der Waals surface area contributed by atoms with Gasteiger partial charge in [0.2, 0.25) is 0 Å². The minimum Gasteiger partial charge on any atom is -0.308 e. The molecule has 0 spiro atoms. The third-order valence-corrected chi connectivity index (χ3v) is 1.31. The van der Waals surface area contributed by atoms with E-state index in [-0.39, 0.29) is 0 Å². The Hall–Kier alpha value is -1.24. The minimum absolute atomic E-state index is 0.308. The number of nitrogen functional groups attached to an aromatic ring is 1. The molecule has 0 saturated heterocycles. The molecule has 12 heavy (non-hydrogen) atoms. The topological polar surface area (TPSA) is 50.9 Å². The van der Waals surface area contributed by atoms with Crippen molar-refractivity contribution < 1.29 is 0 Å². The van der Waals surface area contributed by atoms with Gasteiger partial charge < -0.3 is 5.43 Å². The number of hydrogen-bond donors (Lipinski definition) is 2. The highest BCUT2D eigenvalue weighted by molar-refractivity contribution is 6.19. The Morgan fingerprint density at radius 1 is 1.58 bits per heavy atom. The lowest BCUT2D eigenvalue weighted by atomic mass is 10.3. The van der Waals surface area contributed by atoms with Crippen molar-refractivity contribution in [2.75, 3.05) is 11.3 Å². The lowest BCUT2D eigenvalue weighted by Gasteiger charge is -1.96. The average Bonchev–Trinajstić information content (AvgIpc) is 2.15. The van der Waals surface area contributed by atoms with Crippen molar-refractivity contribution in [2.24, 2.45) is 5.84 Å². The molecule has 0 atom stereocenters. The molecule has 1 heterocycles. The molecule has 62 valence electrons. The zero-order chi connectivity index (χ0) is 8.81. The van der Waals surface area contributed by atoms with Crippen molar-refractivity contribution in [2.45, 2.75) is 0 Å². The second-order valence-electron chi connectivity index (χ2n) is 1.99. The molecular weight excluding hydrogens is 174 g/mol. The van der Waals surface area contributed by atoms with Gasteiger partial charge in [-0.05, 0) is 18.1 Å². The molecular formula is C8H8ClN3. The predicted molar refractivity (Wildman–Crippen MR) is 49.6 cm³/mol. The summed E-state index contributed by atoms with van der Waals surface area (Å²) in [4.78, 5) is 4.06. The van der Waals surface area contributed by atoms with Crippen LogP contribution in [0.25, 0.3) is 0 Å². The summed E-state index contributed by atoms with van der Waals surface area (Å²) in [6.45, 7) is 0. The Labute approximate surface area is 75.9 Å². The summed E-state index contributed by atoms with van der Waals surface area (Å²) in [5.74, 6) is 11.5. The number of nitrogens with two attached hydrogens (primary N) is 1. The van der Waals surface area contributed by atoms with E-state index >= 15 is 0 Å². The van der Waals surface area contributed by atoms with Crippen LogP contribution in [0.2, 0.25) is 0 Å². The van der Waals surface area contributed by atoms with Gasteiger partial charge in [-0.1, -0.05) is 12.0 Å². The van der Waals surface area contributed by atoms with Crippen LogP contribution >= 0.6 is 11.6 Å². The largest absolute Gasteiger partial charge is 0.308 e. The van der Waals surface area contributed by atoms with Crippen LogP contribution < -0.4 is 11.3 Å². The van der Waals surface area contributed by atoms with E-state index in [2.05, 4.69) is 22.3 Å². The highest BCUT2D eigenvalue weighted by Crippen LogP contribution is 2.00. The molecule has 1 rings (SSSR count). The quantitative estimate of drug-likeness (QED) is 0.294. The van der Waals surface area contributed by atoms with Crippen LogP contribution in [-0.4, -0.2) is 10.9 Å². The van der Waals surface area contributed by atoms with Crippen molar-refractivity contribution >= 4 is 17.4 Å². The number of anilines is 1. The van der Waals surface area contributed by atoms with Crippen molar-refractivity contribution in [3.05, 3.63) is 23.9 Å². The fourth-order valence-corrected chi connectivity index (χ4v) is 0.775. The van der Waals surface area contributed by atoms with E-state index in [0.29, 0.717) is 17.4 Å². The van der Waals surface area contributed by atoms with Gasteiger partial charge in [0.15, 0.2) is 0 Å². The zero-order valence-electron chi connectivity index (χ0n) is 6.34. The number of nitrogens with zero attached hydrogens (tertiary/aromatic N) is 1. The van der Waals surface area contributed by atoms with Gasteiger partial charge in [0, 0.05) is 0 Å². The standard InChI is InChI=1S/C8H8ClN3/c9-6-2-4-7-3-1-5-8(11-7)12-10/h1,3,5H,6,10H2,(H,11,12). The fraction of sp³-hybridized carbons (Fsp3) is 0.125. The van der Waals surface area contributed by atoms with Crippen molar-refractivity contribution in [3.8, 4) is 11.8 Å². The van der Waals surface area contributed by atoms with E-state index in [0.717, 1.165) is 0 Å². The number of hydrazine groups is 1. The van der Waals surface area contributed by atoms with Crippen molar-refractivity contribution in [3.63, 3.8) is 0 Å². The molecule has 0 unspecified atom stereocenters. The SMILES string of the molecule is NNc1cccc(C#CCCl)n1. The van der Waals surface area contributed by atoms with E-state index in [1.165, 1.54) is 0 Å². The molecule has 0 aliphatic heterocycles. The molecule has 3 nitrogen and oxygen atoms in total. The first-order valence-electron chi connectivity index (χ1n) is 3.35. The molecule has 0 radical (unpaired) electrons. The summed E-state index contributed by atoms with van der Waals surface area (Å²) >= 11 is 5.38. The van der Waals surface area contributed by atoms with Gasteiger partial charge in [0.1, 0.15) is 11.5 Å². The number of nitrogens with one attached hydrogen (secondary N) is 1. The summed E-state index contributed by atoms with van der Waals surface area (Å²) in [7, 11) is 0. The fourth-order valence-electron chi connectivity index (χ4n) is 0.709. The lowest BCUT2D eigenvalue weighted by molar-refractivity contribution is 1.21. The number of pyridine rings is 1. The van der Waals surface area contributed by atoms with Gasteiger partial charge in [-0.3, -0.25) is 0 Å². The molecule has 0 bridgehead atoms. The van der Waals surface area contributed by atoms with Gasteiger partial charge in [-0.15, -0.1) is 11.6 Å². The van der Waals surface area contributed by atoms with Crippen LogP contribution in [0.5, 0.6) is 0 Å². The maximum Gasteiger partial charge on any atom is 0.141 e. The molecule has 0 saturated carbocycles. The van der Waals surface area contributed by atoms with Crippen LogP contribution in [0.3, 0.4) is 0 Å². The first-order valence-corrected chi connectivity index (χ1v) is 3.89. The van der Waals surface area contributed by atoms with Crippen LogP contribution in [0, 0.1) is 11.8 Å². The molecule has 1 aromatic heterocycles. The maximum absolute atomic E-state index is 5.38. The van der Waals surface area contributed by atoms with E-state index in [1.807, 2.05) is 6.07 Å². The van der Waals surface area contributed by atoms with Gasteiger partial charge in [-0.25, -0.2) is 10.8 Å². The Balaban J connectivity index is 2.86. The molecule has 3 N–H and O–H groups in total. The summed E-state index contributed by atoms with van der Waals surface area (Å²) < 4.78 is 0. The number of rotatable bonds is 1. The van der Waals surface area contributed by atoms with Crippen molar-refractivity contribution in [1.82, 2.24) is 4.98 Å². The van der Waals surface area contributed by atoms with Crippen LogP contribution in [0.1, 0.15) is 5.69 Å². The molecule has 1 aromatic rings. The average molecular weight is 182 g/mol. The lowest BCUT2D eigenvalue weighted by Crippen LogP contribution is -2.08.